The monoisotopic (exact) mass is 488 g/mol. The SMILES string of the molecule is O=c1c2c3c(sc2ncn1Cc1ccccc1)CN(S(=O)(=O)c1cccc2cccnc12)CC3. The highest BCUT2D eigenvalue weighted by Crippen LogP contribution is 2.35. The van der Waals surface area contributed by atoms with Crippen LogP contribution in [0.25, 0.3) is 21.1 Å². The number of rotatable bonds is 4. The van der Waals surface area contributed by atoms with Crippen molar-refractivity contribution in [2.45, 2.75) is 24.4 Å². The Kier molecular flexibility index (Phi) is 5.05. The molecule has 170 valence electrons. The molecule has 34 heavy (non-hydrogen) atoms. The maximum atomic E-state index is 13.6. The van der Waals surface area contributed by atoms with Crippen molar-refractivity contribution in [2.75, 3.05) is 6.54 Å². The molecule has 0 saturated heterocycles. The van der Waals surface area contributed by atoms with Crippen LogP contribution in [0, 0.1) is 0 Å². The quantitative estimate of drug-likeness (QED) is 0.384. The molecular weight excluding hydrogens is 468 g/mol. The minimum Gasteiger partial charge on any atom is -0.294 e. The summed E-state index contributed by atoms with van der Waals surface area (Å²) in [5.74, 6) is 0. The summed E-state index contributed by atoms with van der Waals surface area (Å²) >= 11 is 1.40. The number of hydrogen-bond donors (Lipinski definition) is 0. The Bertz CT molecular complexity index is 1700. The molecule has 6 rings (SSSR count). The van der Waals surface area contributed by atoms with Crippen LogP contribution in [-0.2, 0) is 29.5 Å². The second-order valence-electron chi connectivity index (χ2n) is 8.27. The van der Waals surface area contributed by atoms with E-state index >= 15 is 0 Å². The zero-order valence-corrected chi connectivity index (χ0v) is 19.7. The topological polar surface area (TPSA) is 85.2 Å². The molecule has 9 heteroatoms. The minimum absolute atomic E-state index is 0.0825. The maximum Gasteiger partial charge on any atom is 0.262 e. The van der Waals surface area contributed by atoms with Gasteiger partial charge in [0, 0.05) is 29.5 Å². The second kappa shape index (κ2) is 8.12. The molecule has 0 unspecified atom stereocenters. The van der Waals surface area contributed by atoms with E-state index in [0.29, 0.717) is 35.2 Å². The predicted molar refractivity (Wildman–Crippen MR) is 132 cm³/mol. The molecule has 4 heterocycles. The van der Waals surface area contributed by atoms with E-state index in [0.717, 1.165) is 21.4 Å². The third-order valence-electron chi connectivity index (χ3n) is 6.20. The highest BCUT2D eigenvalue weighted by molar-refractivity contribution is 7.89. The molecule has 7 nitrogen and oxygen atoms in total. The Hall–Kier alpha value is -3.40. The van der Waals surface area contributed by atoms with Gasteiger partial charge in [-0.2, -0.15) is 4.31 Å². The molecule has 0 atom stereocenters. The molecule has 0 fully saturated rings. The third kappa shape index (κ3) is 3.44. The highest BCUT2D eigenvalue weighted by Gasteiger charge is 2.32. The molecule has 2 aromatic carbocycles. The van der Waals surface area contributed by atoms with Gasteiger partial charge in [0.2, 0.25) is 10.0 Å². The van der Waals surface area contributed by atoms with Gasteiger partial charge in [-0.05, 0) is 29.7 Å². The lowest BCUT2D eigenvalue weighted by Crippen LogP contribution is -2.35. The van der Waals surface area contributed by atoms with Gasteiger partial charge in [0.25, 0.3) is 5.56 Å². The van der Waals surface area contributed by atoms with E-state index in [1.54, 1.807) is 35.3 Å². The van der Waals surface area contributed by atoms with Crippen molar-refractivity contribution in [3.05, 3.63) is 99.5 Å². The van der Waals surface area contributed by atoms with Crippen molar-refractivity contribution in [1.82, 2.24) is 18.8 Å². The number of hydrogen-bond acceptors (Lipinski definition) is 6. The fraction of sp³-hybridized carbons (Fsp3) is 0.160. The fourth-order valence-corrected chi connectivity index (χ4v) is 7.37. The van der Waals surface area contributed by atoms with Crippen LogP contribution in [0.5, 0.6) is 0 Å². The predicted octanol–water partition coefficient (Wildman–Crippen LogP) is 3.80. The van der Waals surface area contributed by atoms with Gasteiger partial charge in [-0.15, -0.1) is 11.3 Å². The number of fused-ring (bicyclic) bond motifs is 4. The number of thiophene rings is 1. The summed E-state index contributed by atoms with van der Waals surface area (Å²) in [5, 5.41) is 1.40. The molecule has 0 bridgehead atoms. The summed E-state index contributed by atoms with van der Waals surface area (Å²) in [6, 6.07) is 18.6. The Morgan fingerprint density at radius 2 is 1.79 bits per heavy atom. The van der Waals surface area contributed by atoms with Gasteiger partial charge in [-0.1, -0.05) is 48.5 Å². The van der Waals surface area contributed by atoms with Crippen LogP contribution in [-0.4, -0.2) is 33.8 Å². The summed E-state index contributed by atoms with van der Waals surface area (Å²) < 4.78 is 30.2. The van der Waals surface area contributed by atoms with Crippen LogP contribution in [0.4, 0.5) is 0 Å². The normalized spacial score (nSPS) is 14.5. The van der Waals surface area contributed by atoms with Crippen LogP contribution in [0.2, 0.25) is 0 Å². The van der Waals surface area contributed by atoms with Gasteiger partial charge < -0.3 is 0 Å². The molecule has 0 aliphatic carbocycles. The number of nitrogens with zero attached hydrogens (tertiary/aromatic N) is 4. The first kappa shape index (κ1) is 21.2. The molecule has 1 aliphatic heterocycles. The standard InChI is InChI=1S/C25H20N4O3S2/c30-25-22-19-11-13-29(34(31,32)21-10-4-8-18-9-5-12-26-23(18)21)15-20(19)33-24(22)27-16-28(25)14-17-6-2-1-3-7-17/h1-10,12,16H,11,13-15H2. The zero-order valence-electron chi connectivity index (χ0n) is 18.1. The van der Waals surface area contributed by atoms with Crippen molar-refractivity contribution >= 4 is 42.5 Å². The summed E-state index contributed by atoms with van der Waals surface area (Å²) in [6.07, 6.45) is 3.66. The molecule has 0 N–H and O–H groups in total. The van der Waals surface area contributed by atoms with Crippen molar-refractivity contribution in [3.63, 3.8) is 0 Å². The largest absolute Gasteiger partial charge is 0.294 e. The minimum atomic E-state index is -3.75. The number of para-hydroxylation sites is 1. The average Bonchev–Trinajstić information content (AvgIpc) is 3.24. The number of benzene rings is 2. The van der Waals surface area contributed by atoms with Crippen LogP contribution < -0.4 is 5.56 Å². The molecule has 1 aliphatic rings. The van der Waals surface area contributed by atoms with E-state index < -0.39 is 10.0 Å². The maximum absolute atomic E-state index is 13.6. The zero-order chi connectivity index (χ0) is 23.3. The van der Waals surface area contributed by atoms with Gasteiger partial charge in [-0.3, -0.25) is 14.3 Å². The molecular formula is C25H20N4O3S2. The number of sulfonamides is 1. The Morgan fingerprint density at radius 3 is 2.65 bits per heavy atom. The van der Waals surface area contributed by atoms with Gasteiger partial charge in [0.1, 0.15) is 9.73 Å². The average molecular weight is 489 g/mol. The van der Waals surface area contributed by atoms with Crippen LogP contribution in [0.3, 0.4) is 0 Å². The van der Waals surface area contributed by atoms with Gasteiger partial charge in [0.05, 0.1) is 23.8 Å². The lowest BCUT2D eigenvalue weighted by Gasteiger charge is -2.26. The van der Waals surface area contributed by atoms with Crippen molar-refractivity contribution < 1.29 is 8.42 Å². The molecule has 5 aromatic rings. The molecule has 0 saturated carbocycles. The highest BCUT2D eigenvalue weighted by atomic mass is 32.2. The van der Waals surface area contributed by atoms with E-state index in [9.17, 15) is 13.2 Å². The number of aromatic nitrogens is 3. The van der Waals surface area contributed by atoms with Crippen molar-refractivity contribution in [2.24, 2.45) is 0 Å². The molecule has 0 amide bonds. The lowest BCUT2D eigenvalue weighted by molar-refractivity contribution is 0.397. The van der Waals surface area contributed by atoms with Crippen molar-refractivity contribution in [1.29, 1.82) is 0 Å². The first-order valence-corrected chi connectivity index (χ1v) is 13.2. The fourth-order valence-electron chi connectivity index (χ4n) is 4.52. The van der Waals surface area contributed by atoms with Gasteiger partial charge in [0.15, 0.2) is 0 Å². The second-order valence-corrected chi connectivity index (χ2v) is 11.3. The van der Waals surface area contributed by atoms with Gasteiger partial charge in [-0.25, -0.2) is 13.4 Å². The van der Waals surface area contributed by atoms with E-state index in [1.165, 1.54) is 15.6 Å². The van der Waals surface area contributed by atoms with Crippen LogP contribution >= 0.6 is 11.3 Å². The summed E-state index contributed by atoms with van der Waals surface area (Å²) in [7, 11) is -3.75. The van der Waals surface area contributed by atoms with E-state index in [1.807, 2.05) is 42.5 Å². The smallest absolute Gasteiger partial charge is 0.262 e. The Balaban J connectivity index is 1.37. The van der Waals surface area contributed by atoms with Crippen LogP contribution in [0.1, 0.15) is 16.0 Å². The van der Waals surface area contributed by atoms with Crippen LogP contribution in [0.15, 0.2) is 82.9 Å². The van der Waals surface area contributed by atoms with Gasteiger partial charge >= 0.3 is 0 Å². The van der Waals surface area contributed by atoms with Crippen molar-refractivity contribution in [3.8, 4) is 0 Å². The van der Waals surface area contributed by atoms with E-state index in [2.05, 4.69) is 9.97 Å². The lowest BCUT2D eigenvalue weighted by atomic mass is 10.1. The summed E-state index contributed by atoms with van der Waals surface area (Å²) in [4.78, 5) is 23.9. The summed E-state index contributed by atoms with van der Waals surface area (Å²) in [5.41, 5.74) is 2.33. The third-order valence-corrected chi connectivity index (χ3v) is 9.20. The molecule has 0 radical (unpaired) electrons. The Morgan fingerprint density at radius 1 is 0.971 bits per heavy atom. The van der Waals surface area contributed by atoms with E-state index in [-0.39, 0.29) is 17.0 Å². The first-order chi connectivity index (χ1) is 16.5. The molecule has 3 aromatic heterocycles. The first-order valence-electron chi connectivity index (χ1n) is 10.9. The van der Waals surface area contributed by atoms with E-state index in [4.69, 9.17) is 0 Å². The summed E-state index contributed by atoms with van der Waals surface area (Å²) in [6.45, 7) is 0.971. The molecule has 0 spiro atoms. The Labute approximate surface area is 200 Å². The number of pyridine rings is 1.